The average Bonchev–Trinajstić information content (AvgIpc) is 2.98. The highest BCUT2D eigenvalue weighted by molar-refractivity contribution is 7.99. The number of aromatic nitrogens is 2. The Morgan fingerprint density at radius 2 is 1.96 bits per heavy atom. The monoisotopic (exact) mass is 390 g/mol. The second-order valence-corrected chi connectivity index (χ2v) is 7.09. The Labute approximate surface area is 151 Å². The van der Waals surface area contributed by atoms with Gasteiger partial charge in [0.15, 0.2) is 11.1 Å². The summed E-state index contributed by atoms with van der Waals surface area (Å²) in [5, 5.41) is 32.7. The average molecular weight is 390 g/mol. The molecule has 1 aliphatic rings. The molecule has 0 amide bonds. The summed E-state index contributed by atoms with van der Waals surface area (Å²) < 4.78 is 46.2. The minimum atomic E-state index is -4.59. The molecule has 1 aromatic carbocycles. The van der Waals surface area contributed by atoms with Crippen molar-refractivity contribution in [3.8, 4) is 16.9 Å². The minimum Gasteiger partial charge on any atom is -0.477 e. The van der Waals surface area contributed by atoms with Gasteiger partial charge in [0.1, 0.15) is 18.0 Å². The Morgan fingerprint density at radius 1 is 1.23 bits per heavy atom. The fourth-order valence-electron chi connectivity index (χ4n) is 2.66. The number of benzene rings is 1. The van der Waals surface area contributed by atoms with Gasteiger partial charge in [-0.1, -0.05) is 12.1 Å². The summed E-state index contributed by atoms with van der Waals surface area (Å²) in [5.41, 5.74) is -1.67. The highest BCUT2D eigenvalue weighted by Gasteiger charge is 2.39. The van der Waals surface area contributed by atoms with Crippen molar-refractivity contribution in [3.05, 3.63) is 36.2 Å². The van der Waals surface area contributed by atoms with Gasteiger partial charge in [0, 0.05) is 24.6 Å². The molecule has 0 spiro atoms. The van der Waals surface area contributed by atoms with Crippen molar-refractivity contribution < 1.29 is 33.2 Å². The molecule has 3 N–H and O–H groups in total. The molecule has 1 aliphatic heterocycles. The highest BCUT2D eigenvalue weighted by atomic mass is 32.2. The first-order valence-electron chi connectivity index (χ1n) is 7.70. The van der Waals surface area contributed by atoms with Crippen molar-refractivity contribution in [1.29, 1.82) is 0 Å². The van der Waals surface area contributed by atoms with Crippen LogP contribution in [0, 0.1) is 0 Å². The van der Waals surface area contributed by atoms with Gasteiger partial charge in [-0.3, -0.25) is 4.68 Å². The van der Waals surface area contributed by atoms with Crippen molar-refractivity contribution >= 4 is 11.8 Å². The number of nitrogens with zero attached hydrogens (tertiary/aromatic N) is 2. The Bertz CT molecular complexity index is 783. The summed E-state index contributed by atoms with van der Waals surface area (Å²) in [7, 11) is 1.40. The van der Waals surface area contributed by atoms with Gasteiger partial charge < -0.3 is 20.1 Å². The summed E-state index contributed by atoms with van der Waals surface area (Å²) in [5.74, 6) is 0.406. The number of hydrogen-bond donors (Lipinski definition) is 3. The maximum atomic E-state index is 13.2. The maximum absolute atomic E-state index is 13.2. The van der Waals surface area contributed by atoms with Crippen LogP contribution in [0.2, 0.25) is 0 Å². The summed E-state index contributed by atoms with van der Waals surface area (Å²) in [4.78, 5) is 0. The first-order chi connectivity index (χ1) is 12.2. The first-order valence-corrected chi connectivity index (χ1v) is 8.75. The molecule has 6 nitrogen and oxygen atoms in total. The molecule has 26 heavy (non-hydrogen) atoms. The van der Waals surface area contributed by atoms with Crippen LogP contribution >= 0.6 is 11.8 Å². The number of alkyl halides is 3. The van der Waals surface area contributed by atoms with Crippen LogP contribution in [0.1, 0.15) is 5.69 Å². The van der Waals surface area contributed by atoms with E-state index in [4.69, 9.17) is 4.74 Å². The van der Waals surface area contributed by atoms with Crippen LogP contribution in [0.15, 0.2) is 30.5 Å². The molecule has 142 valence electrons. The third-order valence-electron chi connectivity index (χ3n) is 3.95. The summed E-state index contributed by atoms with van der Waals surface area (Å²) in [6, 6.07) is 5.99. The third-order valence-corrected chi connectivity index (χ3v) is 5.19. The SMILES string of the molecule is Cn1cc(-c2cccc(O[C@H]3SC[C@@H](O)[C@H](O)[C@H]3O)c2)c(C(F)(F)F)n1. The maximum Gasteiger partial charge on any atom is 0.435 e. The van der Waals surface area contributed by atoms with E-state index in [9.17, 15) is 28.5 Å². The summed E-state index contributed by atoms with van der Waals surface area (Å²) in [6.07, 6.45) is -7.06. The fraction of sp³-hybridized carbons (Fsp3) is 0.438. The van der Waals surface area contributed by atoms with Gasteiger partial charge >= 0.3 is 6.18 Å². The Hall–Kier alpha value is -1.75. The zero-order valence-electron chi connectivity index (χ0n) is 13.6. The Kier molecular flexibility index (Phi) is 5.20. The smallest absolute Gasteiger partial charge is 0.435 e. The van der Waals surface area contributed by atoms with Crippen LogP contribution in [0.4, 0.5) is 13.2 Å². The molecule has 0 aliphatic carbocycles. The van der Waals surface area contributed by atoms with E-state index in [-0.39, 0.29) is 22.6 Å². The number of halogens is 3. The number of hydrogen-bond acceptors (Lipinski definition) is 6. The molecule has 2 heterocycles. The van der Waals surface area contributed by atoms with Crippen molar-refractivity contribution in [2.75, 3.05) is 5.75 Å². The largest absolute Gasteiger partial charge is 0.477 e. The van der Waals surface area contributed by atoms with Gasteiger partial charge in [-0.05, 0) is 17.7 Å². The molecule has 1 fully saturated rings. The van der Waals surface area contributed by atoms with Gasteiger partial charge in [0.25, 0.3) is 0 Å². The minimum absolute atomic E-state index is 0.0854. The van der Waals surface area contributed by atoms with E-state index >= 15 is 0 Å². The Morgan fingerprint density at radius 3 is 2.65 bits per heavy atom. The Balaban J connectivity index is 1.86. The first kappa shape index (κ1) is 19.0. The van der Waals surface area contributed by atoms with E-state index < -0.39 is 35.6 Å². The predicted octanol–water partition coefficient (Wildman–Crippen LogP) is 1.64. The van der Waals surface area contributed by atoms with Gasteiger partial charge in [-0.2, -0.15) is 18.3 Å². The molecular weight excluding hydrogens is 373 g/mol. The number of aliphatic hydroxyl groups excluding tert-OH is 3. The number of ether oxygens (including phenoxy) is 1. The van der Waals surface area contributed by atoms with Crippen LogP contribution in [0.25, 0.3) is 11.1 Å². The third kappa shape index (κ3) is 3.83. The van der Waals surface area contributed by atoms with Crippen molar-refractivity contribution in [2.45, 2.75) is 29.9 Å². The molecule has 0 saturated carbocycles. The lowest BCUT2D eigenvalue weighted by Gasteiger charge is -2.34. The normalized spacial score (nSPS) is 26.7. The standard InChI is InChI=1S/C16H17F3N2O4S/c1-21-6-10(14(20-21)16(17,18)19)8-3-2-4-9(5-8)25-15-13(24)12(23)11(22)7-26-15/h2-6,11-13,15,22-24H,7H2,1H3/t11-,12+,13-,15+/m1/s1. The van der Waals surface area contributed by atoms with Crippen LogP contribution in [0.3, 0.4) is 0 Å². The van der Waals surface area contributed by atoms with Gasteiger partial charge in [-0.25, -0.2) is 0 Å². The van der Waals surface area contributed by atoms with E-state index in [0.717, 1.165) is 16.4 Å². The molecule has 1 aromatic heterocycles. The summed E-state index contributed by atoms with van der Waals surface area (Å²) >= 11 is 1.11. The van der Waals surface area contributed by atoms with Gasteiger partial charge in [0.05, 0.1) is 6.10 Å². The topological polar surface area (TPSA) is 87.7 Å². The zero-order chi connectivity index (χ0) is 19.1. The van der Waals surface area contributed by atoms with Crippen LogP contribution in [0.5, 0.6) is 5.75 Å². The van der Waals surface area contributed by atoms with E-state index in [1.807, 2.05) is 0 Å². The lowest BCUT2D eigenvalue weighted by molar-refractivity contribution is -0.140. The number of aliphatic hydroxyl groups is 3. The van der Waals surface area contributed by atoms with E-state index in [1.165, 1.54) is 37.5 Å². The molecular formula is C16H17F3N2O4S. The molecule has 2 aromatic rings. The molecule has 3 rings (SSSR count). The van der Waals surface area contributed by atoms with Gasteiger partial charge in [0.2, 0.25) is 0 Å². The fourth-order valence-corrected chi connectivity index (χ4v) is 3.78. The second-order valence-electron chi connectivity index (χ2n) is 5.96. The van der Waals surface area contributed by atoms with E-state index in [1.54, 1.807) is 0 Å². The highest BCUT2D eigenvalue weighted by Crippen LogP contribution is 2.37. The molecule has 10 heteroatoms. The number of aryl methyl sites for hydroxylation is 1. The van der Waals surface area contributed by atoms with Crippen molar-refractivity contribution in [1.82, 2.24) is 9.78 Å². The van der Waals surface area contributed by atoms with Crippen LogP contribution in [-0.4, -0.2) is 54.6 Å². The van der Waals surface area contributed by atoms with Gasteiger partial charge in [-0.15, -0.1) is 11.8 Å². The van der Waals surface area contributed by atoms with E-state index in [2.05, 4.69) is 5.10 Å². The van der Waals surface area contributed by atoms with Crippen LogP contribution < -0.4 is 4.74 Å². The van der Waals surface area contributed by atoms with Crippen molar-refractivity contribution in [2.24, 2.45) is 7.05 Å². The predicted molar refractivity (Wildman–Crippen MR) is 88.5 cm³/mol. The molecule has 0 radical (unpaired) electrons. The number of thioether (sulfide) groups is 1. The quantitative estimate of drug-likeness (QED) is 0.739. The zero-order valence-corrected chi connectivity index (χ0v) is 14.4. The summed E-state index contributed by atoms with van der Waals surface area (Å²) in [6.45, 7) is 0. The second kappa shape index (κ2) is 7.10. The molecule has 1 saturated heterocycles. The lowest BCUT2D eigenvalue weighted by Crippen LogP contribution is -2.50. The van der Waals surface area contributed by atoms with Crippen LogP contribution in [-0.2, 0) is 13.2 Å². The molecule has 0 unspecified atom stereocenters. The number of rotatable bonds is 3. The van der Waals surface area contributed by atoms with E-state index in [0.29, 0.717) is 0 Å². The van der Waals surface area contributed by atoms with Crippen molar-refractivity contribution in [3.63, 3.8) is 0 Å². The molecule has 0 bridgehead atoms. The lowest BCUT2D eigenvalue weighted by atomic mass is 10.1. The molecule has 4 atom stereocenters.